The standard InChI is InChI=1S/C30H25ClF2N2O3S/c1-2-3-22(17-4-6-19(7-5-17)30(38)35-13-12-25(36)37)26(18-8-10-21(31)11-9-18)23-16-39-29-20(15-34)14-24(32)28(33)27(23)29/h4-11,14,16,22,26H,2-3,12-13H2,1H3,(H,35,38)(H,36,37)/t22-,26?/m1/s1. The minimum absolute atomic E-state index is 0.0189. The maximum absolute atomic E-state index is 15.3. The van der Waals surface area contributed by atoms with E-state index in [0.29, 0.717) is 27.3 Å². The third-order valence-electron chi connectivity index (χ3n) is 6.68. The van der Waals surface area contributed by atoms with Crippen LogP contribution >= 0.6 is 22.9 Å². The zero-order valence-electron chi connectivity index (χ0n) is 21.0. The van der Waals surface area contributed by atoms with E-state index in [0.717, 1.165) is 23.6 Å². The van der Waals surface area contributed by atoms with E-state index in [9.17, 15) is 19.2 Å². The molecule has 4 aromatic rings. The van der Waals surface area contributed by atoms with Crippen molar-refractivity contribution in [3.05, 3.63) is 104 Å². The fourth-order valence-electron chi connectivity index (χ4n) is 4.89. The van der Waals surface area contributed by atoms with Crippen LogP contribution in [0.4, 0.5) is 8.78 Å². The van der Waals surface area contributed by atoms with E-state index >= 15 is 4.39 Å². The molecular formula is C30H25ClF2N2O3S. The van der Waals surface area contributed by atoms with Gasteiger partial charge < -0.3 is 10.4 Å². The fourth-order valence-corrected chi connectivity index (χ4v) is 6.08. The van der Waals surface area contributed by atoms with Gasteiger partial charge >= 0.3 is 5.97 Å². The molecule has 2 N–H and O–H groups in total. The molecule has 0 fully saturated rings. The van der Waals surface area contributed by atoms with Crippen LogP contribution in [0.1, 0.15) is 70.6 Å². The second-order valence-electron chi connectivity index (χ2n) is 9.17. The fraction of sp³-hybridized carbons (Fsp3) is 0.233. The van der Waals surface area contributed by atoms with Crippen molar-refractivity contribution in [3.63, 3.8) is 0 Å². The molecule has 1 aromatic heterocycles. The smallest absolute Gasteiger partial charge is 0.305 e. The molecule has 0 aliphatic carbocycles. The van der Waals surface area contributed by atoms with Gasteiger partial charge in [-0.25, -0.2) is 8.78 Å². The number of amides is 1. The first-order valence-corrected chi connectivity index (χ1v) is 13.7. The van der Waals surface area contributed by atoms with Crippen molar-refractivity contribution in [2.24, 2.45) is 0 Å². The van der Waals surface area contributed by atoms with Crippen LogP contribution in [0.2, 0.25) is 5.02 Å². The van der Waals surface area contributed by atoms with E-state index in [1.807, 2.05) is 37.3 Å². The summed E-state index contributed by atoms with van der Waals surface area (Å²) in [5.74, 6) is -4.00. The molecule has 200 valence electrons. The first-order chi connectivity index (χ1) is 18.7. The molecular weight excluding hydrogens is 542 g/mol. The lowest BCUT2D eigenvalue weighted by Gasteiger charge is -2.29. The van der Waals surface area contributed by atoms with Gasteiger partial charge in [-0.05, 0) is 64.7 Å². The zero-order chi connectivity index (χ0) is 28.1. The highest BCUT2D eigenvalue weighted by atomic mass is 35.5. The van der Waals surface area contributed by atoms with Crippen LogP contribution < -0.4 is 5.32 Å². The number of aliphatic carboxylic acids is 1. The average Bonchev–Trinajstić information content (AvgIpc) is 3.36. The number of carbonyl (C=O) groups excluding carboxylic acids is 1. The van der Waals surface area contributed by atoms with E-state index in [-0.39, 0.29) is 35.7 Å². The second kappa shape index (κ2) is 12.4. The zero-order valence-corrected chi connectivity index (χ0v) is 22.6. The average molecular weight is 567 g/mol. The first kappa shape index (κ1) is 28.2. The number of rotatable bonds is 10. The minimum atomic E-state index is -1.07. The Morgan fingerprint density at radius 1 is 1.10 bits per heavy atom. The van der Waals surface area contributed by atoms with Crippen LogP contribution in [0.5, 0.6) is 0 Å². The predicted octanol–water partition coefficient (Wildman–Crippen LogP) is 7.62. The number of carbonyl (C=O) groups is 2. The molecule has 1 amide bonds. The number of nitrogens with one attached hydrogen (secondary N) is 1. The summed E-state index contributed by atoms with van der Waals surface area (Å²) in [5.41, 5.74) is 2.81. The molecule has 9 heteroatoms. The lowest BCUT2D eigenvalue weighted by atomic mass is 9.75. The molecule has 2 atom stereocenters. The molecule has 0 bridgehead atoms. The molecule has 1 unspecified atom stereocenters. The summed E-state index contributed by atoms with van der Waals surface area (Å²) in [6, 6.07) is 17.2. The molecule has 1 heterocycles. The van der Waals surface area contributed by atoms with Crippen LogP contribution in [0.3, 0.4) is 0 Å². The van der Waals surface area contributed by atoms with Gasteiger partial charge in [-0.15, -0.1) is 11.3 Å². The van der Waals surface area contributed by atoms with Crippen molar-refractivity contribution in [2.45, 2.75) is 38.0 Å². The summed E-state index contributed by atoms with van der Waals surface area (Å²) >= 11 is 7.38. The quantitative estimate of drug-likeness (QED) is 0.206. The summed E-state index contributed by atoms with van der Waals surface area (Å²) in [6.45, 7) is 2.06. The Labute approximate surface area is 233 Å². The van der Waals surface area contributed by atoms with E-state index in [2.05, 4.69) is 5.32 Å². The molecule has 3 aromatic carbocycles. The maximum atomic E-state index is 15.3. The van der Waals surface area contributed by atoms with Gasteiger partial charge in [0.25, 0.3) is 5.91 Å². The third kappa shape index (κ3) is 6.11. The SMILES string of the molecule is CCC[C@H](c1ccc(C(=O)NCCC(=O)O)cc1)C(c1ccc(Cl)cc1)c1csc2c(C#N)cc(F)c(F)c12. The number of fused-ring (bicyclic) bond motifs is 1. The van der Waals surface area contributed by atoms with Gasteiger partial charge in [0.05, 0.1) is 16.7 Å². The monoisotopic (exact) mass is 566 g/mol. The Balaban J connectivity index is 1.82. The van der Waals surface area contributed by atoms with Crippen LogP contribution in [-0.2, 0) is 4.79 Å². The number of hydrogen-bond acceptors (Lipinski definition) is 4. The lowest BCUT2D eigenvalue weighted by molar-refractivity contribution is -0.136. The molecule has 0 spiro atoms. The Morgan fingerprint density at radius 2 is 1.77 bits per heavy atom. The van der Waals surface area contributed by atoms with E-state index in [4.69, 9.17) is 16.7 Å². The highest BCUT2D eigenvalue weighted by Crippen LogP contribution is 2.47. The van der Waals surface area contributed by atoms with Crippen molar-refractivity contribution in [1.82, 2.24) is 5.32 Å². The summed E-state index contributed by atoms with van der Waals surface area (Å²) in [4.78, 5) is 23.2. The van der Waals surface area contributed by atoms with Gasteiger partial charge in [-0.3, -0.25) is 9.59 Å². The number of nitriles is 1. The molecule has 0 saturated carbocycles. The lowest BCUT2D eigenvalue weighted by Crippen LogP contribution is -2.26. The van der Waals surface area contributed by atoms with Gasteiger partial charge in [0, 0.05) is 28.4 Å². The van der Waals surface area contributed by atoms with Gasteiger partial charge in [0.2, 0.25) is 0 Å². The number of carboxylic acids is 1. The van der Waals surface area contributed by atoms with Crippen molar-refractivity contribution < 1.29 is 23.5 Å². The van der Waals surface area contributed by atoms with Crippen molar-refractivity contribution in [1.29, 1.82) is 5.26 Å². The van der Waals surface area contributed by atoms with E-state index in [1.165, 1.54) is 11.3 Å². The van der Waals surface area contributed by atoms with Gasteiger partial charge in [0.15, 0.2) is 11.6 Å². The third-order valence-corrected chi connectivity index (χ3v) is 7.96. The van der Waals surface area contributed by atoms with Gasteiger partial charge in [-0.2, -0.15) is 5.26 Å². The predicted molar refractivity (Wildman–Crippen MR) is 148 cm³/mol. The number of halogens is 3. The Bertz CT molecular complexity index is 1550. The van der Waals surface area contributed by atoms with Gasteiger partial charge in [0.1, 0.15) is 6.07 Å². The molecule has 5 nitrogen and oxygen atoms in total. The first-order valence-electron chi connectivity index (χ1n) is 12.4. The maximum Gasteiger partial charge on any atom is 0.305 e. The molecule has 4 rings (SSSR count). The summed E-state index contributed by atoms with van der Waals surface area (Å²) in [6.07, 6.45) is 1.33. The normalized spacial score (nSPS) is 12.6. The Morgan fingerprint density at radius 3 is 2.38 bits per heavy atom. The van der Waals surface area contributed by atoms with Crippen LogP contribution in [0.15, 0.2) is 60.0 Å². The minimum Gasteiger partial charge on any atom is -0.481 e. The Kier molecular flexibility index (Phi) is 8.95. The van der Waals surface area contributed by atoms with Crippen molar-refractivity contribution >= 4 is 44.9 Å². The highest BCUT2D eigenvalue weighted by Gasteiger charge is 2.31. The van der Waals surface area contributed by atoms with Gasteiger partial charge in [-0.1, -0.05) is 49.2 Å². The summed E-state index contributed by atoms with van der Waals surface area (Å²) < 4.78 is 30.3. The molecule has 0 aliphatic heterocycles. The topological polar surface area (TPSA) is 90.2 Å². The number of nitrogens with zero attached hydrogens (tertiary/aromatic N) is 1. The Hall–Kier alpha value is -3.80. The molecule has 0 saturated heterocycles. The van der Waals surface area contributed by atoms with Crippen LogP contribution in [-0.4, -0.2) is 23.5 Å². The van der Waals surface area contributed by atoms with Crippen LogP contribution in [0.25, 0.3) is 10.1 Å². The summed E-state index contributed by atoms with van der Waals surface area (Å²) in [7, 11) is 0. The number of carboxylic acid groups (broad SMARTS) is 1. The molecule has 0 radical (unpaired) electrons. The largest absolute Gasteiger partial charge is 0.481 e. The van der Waals surface area contributed by atoms with Crippen molar-refractivity contribution in [3.8, 4) is 6.07 Å². The van der Waals surface area contributed by atoms with E-state index < -0.39 is 23.5 Å². The van der Waals surface area contributed by atoms with E-state index in [1.54, 1.807) is 29.6 Å². The molecule has 39 heavy (non-hydrogen) atoms. The van der Waals surface area contributed by atoms with Crippen molar-refractivity contribution in [2.75, 3.05) is 6.54 Å². The highest BCUT2D eigenvalue weighted by molar-refractivity contribution is 7.17. The second-order valence-corrected chi connectivity index (χ2v) is 10.5. The summed E-state index contributed by atoms with van der Waals surface area (Å²) in [5, 5.41) is 23.4. The number of benzene rings is 3. The number of thiophene rings is 1. The van der Waals surface area contributed by atoms with Crippen LogP contribution in [0, 0.1) is 23.0 Å². The number of hydrogen-bond donors (Lipinski definition) is 2. The molecule has 0 aliphatic rings.